The maximum absolute atomic E-state index is 5.77. The molecule has 2 rings (SSSR count). The first-order valence-electron chi connectivity index (χ1n) is 7.42. The van der Waals surface area contributed by atoms with Gasteiger partial charge in [-0.25, -0.2) is 0 Å². The number of methoxy groups -OCH3 is 1. The van der Waals surface area contributed by atoms with Gasteiger partial charge in [-0.3, -0.25) is 0 Å². The predicted octanol–water partition coefficient (Wildman–Crippen LogP) is 4.16. The van der Waals surface area contributed by atoms with Crippen molar-refractivity contribution in [2.45, 2.75) is 32.9 Å². The van der Waals surface area contributed by atoms with E-state index in [2.05, 4.69) is 68.6 Å². The number of rotatable bonds is 6. The normalized spacial score (nSPS) is 14.7. The lowest BCUT2D eigenvalue weighted by Gasteiger charge is -2.31. The Morgan fingerprint density at radius 3 is 2.40 bits per heavy atom. The number of fused-ring (bicyclic) bond motifs is 1. The Bertz CT molecular complexity index is 545. The predicted molar refractivity (Wildman–Crippen MR) is 86.0 cm³/mol. The lowest BCUT2D eigenvalue weighted by molar-refractivity contribution is 0.0335. The zero-order chi connectivity index (χ0) is 14.5. The summed E-state index contributed by atoms with van der Waals surface area (Å²) in [7, 11) is 1.81. The van der Waals surface area contributed by atoms with Crippen molar-refractivity contribution in [1.29, 1.82) is 0 Å². The summed E-state index contributed by atoms with van der Waals surface area (Å²) in [5.74, 6) is 0.461. The quantitative estimate of drug-likeness (QED) is 0.851. The highest BCUT2D eigenvalue weighted by molar-refractivity contribution is 5.86. The Morgan fingerprint density at radius 2 is 1.75 bits per heavy atom. The molecule has 2 unspecified atom stereocenters. The van der Waals surface area contributed by atoms with Crippen LogP contribution in [-0.4, -0.2) is 19.8 Å². The molecule has 2 aromatic rings. The molecule has 108 valence electrons. The van der Waals surface area contributed by atoms with Gasteiger partial charge in [-0.1, -0.05) is 63.2 Å². The van der Waals surface area contributed by atoms with Crippen LogP contribution >= 0.6 is 0 Å². The van der Waals surface area contributed by atoms with E-state index in [-0.39, 0.29) is 12.1 Å². The number of hydrogen-bond acceptors (Lipinski definition) is 2. The largest absolute Gasteiger partial charge is 0.379 e. The average molecular weight is 271 g/mol. The SMILES string of the molecule is CCNC(c1cccc2ccccc12)C(OC)C(C)C. The summed E-state index contributed by atoms with van der Waals surface area (Å²) in [4.78, 5) is 0. The monoisotopic (exact) mass is 271 g/mol. The van der Waals surface area contributed by atoms with Crippen LogP contribution in [0.25, 0.3) is 10.8 Å². The van der Waals surface area contributed by atoms with Crippen molar-refractivity contribution in [1.82, 2.24) is 5.32 Å². The van der Waals surface area contributed by atoms with Crippen LogP contribution in [-0.2, 0) is 4.74 Å². The third-order valence-electron chi connectivity index (χ3n) is 3.84. The molecule has 0 amide bonds. The number of nitrogens with one attached hydrogen (secondary N) is 1. The topological polar surface area (TPSA) is 21.3 Å². The zero-order valence-corrected chi connectivity index (χ0v) is 12.9. The molecule has 1 N–H and O–H groups in total. The number of benzene rings is 2. The summed E-state index contributed by atoms with van der Waals surface area (Å²) in [5.41, 5.74) is 1.32. The summed E-state index contributed by atoms with van der Waals surface area (Å²) >= 11 is 0. The Labute approximate surface area is 122 Å². The lowest BCUT2D eigenvalue weighted by Crippen LogP contribution is -2.36. The Hall–Kier alpha value is -1.38. The molecule has 0 radical (unpaired) electrons. The van der Waals surface area contributed by atoms with Gasteiger partial charge in [0.2, 0.25) is 0 Å². The van der Waals surface area contributed by atoms with Crippen molar-refractivity contribution in [3.8, 4) is 0 Å². The van der Waals surface area contributed by atoms with Crippen molar-refractivity contribution < 1.29 is 4.74 Å². The highest BCUT2D eigenvalue weighted by Gasteiger charge is 2.26. The van der Waals surface area contributed by atoms with Crippen molar-refractivity contribution in [3.63, 3.8) is 0 Å². The van der Waals surface area contributed by atoms with Crippen LogP contribution in [0, 0.1) is 5.92 Å². The second kappa shape index (κ2) is 6.87. The van der Waals surface area contributed by atoms with E-state index in [0.717, 1.165) is 6.54 Å². The van der Waals surface area contributed by atoms with Gasteiger partial charge in [0, 0.05) is 7.11 Å². The fourth-order valence-electron chi connectivity index (χ4n) is 2.94. The summed E-state index contributed by atoms with van der Waals surface area (Å²) in [6, 6.07) is 15.3. The first-order chi connectivity index (χ1) is 9.69. The van der Waals surface area contributed by atoms with Crippen LogP contribution in [0.5, 0.6) is 0 Å². The van der Waals surface area contributed by atoms with E-state index in [0.29, 0.717) is 5.92 Å². The molecule has 2 atom stereocenters. The van der Waals surface area contributed by atoms with Gasteiger partial charge in [0.1, 0.15) is 0 Å². The maximum Gasteiger partial charge on any atom is 0.0788 e. The third kappa shape index (κ3) is 3.02. The molecule has 0 saturated carbocycles. The van der Waals surface area contributed by atoms with Crippen molar-refractivity contribution in [2.24, 2.45) is 5.92 Å². The van der Waals surface area contributed by atoms with Gasteiger partial charge in [-0.05, 0) is 28.8 Å². The van der Waals surface area contributed by atoms with Crippen LogP contribution in [0.4, 0.5) is 0 Å². The molecule has 0 fully saturated rings. The van der Waals surface area contributed by atoms with Crippen molar-refractivity contribution in [3.05, 3.63) is 48.0 Å². The standard InChI is InChI=1S/C18H25NO/c1-5-19-17(18(20-4)13(2)3)16-12-8-10-14-9-6-7-11-15(14)16/h6-13,17-19H,5H2,1-4H3. The molecule has 0 aliphatic heterocycles. The second-order valence-corrected chi connectivity index (χ2v) is 5.55. The van der Waals surface area contributed by atoms with E-state index in [9.17, 15) is 0 Å². The van der Waals surface area contributed by atoms with E-state index < -0.39 is 0 Å². The van der Waals surface area contributed by atoms with Gasteiger partial charge >= 0.3 is 0 Å². The molecular weight excluding hydrogens is 246 g/mol. The minimum atomic E-state index is 0.167. The third-order valence-corrected chi connectivity index (χ3v) is 3.84. The molecule has 20 heavy (non-hydrogen) atoms. The van der Waals surface area contributed by atoms with Gasteiger partial charge in [0.25, 0.3) is 0 Å². The van der Waals surface area contributed by atoms with Crippen LogP contribution in [0.15, 0.2) is 42.5 Å². The molecule has 0 saturated heterocycles. The molecule has 0 aliphatic rings. The molecule has 0 bridgehead atoms. The zero-order valence-electron chi connectivity index (χ0n) is 12.9. The van der Waals surface area contributed by atoms with E-state index in [1.807, 2.05) is 0 Å². The van der Waals surface area contributed by atoms with Gasteiger partial charge in [0.15, 0.2) is 0 Å². The molecule has 2 nitrogen and oxygen atoms in total. The van der Waals surface area contributed by atoms with E-state index in [1.54, 1.807) is 7.11 Å². The number of hydrogen-bond donors (Lipinski definition) is 1. The highest BCUT2D eigenvalue weighted by atomic mass is 16.5. The smallest absolute Gasteiger partial charge is 0.0788 e. The fourth-order valence-corrected chi connectivity index (χ4v) is 2.94. The van der Waals surface area contributed by atoms with Crippen LogP contribution in [0.3, 0.4) is 0 Å². The highest BCUT2D eigenvalue weighted by Crippen LogP contribution is 2.30. The van der Waals surface area contributed by atoms with Crippen LogP contribution < -0.4 is 5.32 Å². The first-order valence-corrected chi connectivity index (χ1v) is 7.42. The van der Waals surface area contributed by atoms with E-state index >= 15 is 0 Å². The number of ether oxygens (including phenoxy) is 1. The summed E-state index contributed by atoms with van der Waals surface area (Å²) < 4.78 is 5.77. The Kier molecular flexibility index (Phi) is 5.16. The lowest BCUT2D eigenvalue weighted by atomic mass is 9.90. The summed E-state index contributed by atoms with van der Waals surface area (Å²) in [6.45, 7) is 7.50. The van der Waals surface area contributed by atoms with Gasteiger partial charge in [-0.15, -0.1) is 0 Å². The summed E-state index contributed by atoms with van der Waals surface area (Å²) in [5, 5.41) is 6.19. The van der Waals surface area contributed by atoms with Crippen molar-refractivity contribution in [2.75, 3.05) is 13.7 Å². The second-order valence-electron chi connectivity index (χ2n) is 5.55. The Morgan fingerprint density at radius 1 is 1.05 bits per heavy atom. The van der Waals surface area contributed by atoms with E-state index in [1.165, 1.54) is 16.3 Å². The molecular formula is C18H25NO. The maximum atomic E-state index is 5.77. The van der Waals surface area contributed by atoms with Crippen molar-refractivity contribution >= 4 is 10.8 Å². The molecule has 2 aromatic carbocycles. The number of likely N-dealkylation sites (N-methyl/N-ethyl adjacent to an activating group) is 1. The van der Waals surface area contributed by atoms with Gasteiger partial charge in [0.05, 0.1) is 12.1 Å². The average Bonchev–Trinajstić information content (AvgIpc) is 2.46. The molecule has 0 heterocycles. The van der Waals surface area contributed by atoms with Crippen LogP contribution in [0.2, 0.25) is 0 Å². The van der Waals surface area contributed by atoms with Gasteiger partial charge in [-0.2, -0.15) is 0 Å². The molecule has 0 spiro atoms. The minimum Gasteiger partial charge on any atom is -0.379 e. The first kappa shape index (κ1) is 15.0. The van der Waals surface area contributed by atoms with E-state index in [4.69, 9.17) is 4.74 Å². The summed E-state index contributed by atoms with van der Waals surface area (Å²) in [6.07, 6.45) is 0.167. The molecule has 2 heteroatoms. The van der Waals surface area contributed by atoms with Crippen LogP contribution in [0.1, 0.15) is 32.4 Å². The Balaban J connectivity index is 2.51. The fraction of sp³-hybridized carbons (Fsp3) is 0.444. The molecule has 0 aromatic heterocycles. The van der Waals surface area contributed by atoms with Gasteiger partial charge < -0.3 is 10.1 Å². The minimum absolute atomic E-state index is 0.167. The molecule has 0 aliphatic carbocycles.